The number of benzene rings is 1. The predicted molar refractivity (Wildman–Crippen MR) is 126 cm³/mol. The highest BCUT2D eigenvalue weighted by Crippen LogP contribution is 2.35. The summed E-state index contributed by atoms with van der Waals surface area (Å²) in [6, 6.07) is 5.77. The van der Waals surface area contributed by atoms with E-state index in [9.17, 15) is 4.79 Å². The van der Waals surface area contributed by atoms with Crippen molar-refractivity contribution in [3.05, 3.63) is 18.2 Å². The van der Waals surface area contributed by atoms with Crippen molar-refractivity contribution in [1.82, 2.24) is 10.1 Å². The topological polar surface area (TPSA) is 74.0 Å². The minimum atomic E-state index is -0.0345. The van der Waals surface area contributed by atoms with Gasteiger partial charge in [-0.1, -0.05) is 19.9 Å². The summed E-state index contributed by atoms with van der Waals surface area (Å²) >= 11 is 0. The molecule has 1 saturated heterocycles. The van der Waals surface area contributed by atoms with Crippen molar-refractivity contribution >= 4 is 16.9 Å². The van der Waals surface area contributed by atoms with E-state index in [0.717, 1.165) is 69.3 Å². The Labute approximate surface area is 196 Å². The molecule has 1 saturated carbocycles. The van der Waals surface area contributed by atoms with Gasteiger partial charge in [-0.2, -0.15) is 0 Å². The Morgan fingerprint density at radius 1 is 1.09 bits per heavy atom. The Bertz CT molecular complexity index is 895. The molecular weight excluding hydrogens is 420 g/mol. The fourth-order valence-electron chi connectivity index (χ4n) is 5.05. The first-order valence-corrected chi connectivity index (χ1v) is 12.5. The fraction of sp³-hybridized carbons (Fsp3) is 0.692. The van der Waals surface area contributed by atoms with Crippen molar-refractivity contribution in [2.75, 3.05) is 40.0 Å². The molecule has 0 amide bonds. The summed E-state index contributed by atoms with van der Waals surface area (Å²) in [6.07, 6.45) is 6.45. The lowest BCUT2D eigenvalue weighted by Crippen LogP contribution is -2.39. The number of hydrogen-bond donors (Lipinski definition) is 0. The third-order valence-corrected chi connectivity index (χ3v) is 7.06. The highest BCUT2D eigenvalue weighted by molar-refractivity contribution is 5.88. The molecule has 0 spiro atoms. The summed E-state index contributed by atoms with van der Waals surface area (Å²) in [6.45, 7) is 8.91. The van der Waals surface area contributed by atoms with Crippen molar-refractivity contribution in [3.8, 4) is 11.6 Å². The number of methoxy groups -OCH3 is 1. The molecule has 182 valence electrons. The lowest BCUT2D eigenvalue weighted by atomic mass is 9.81. The molecular formula is C26H38N2O5. The van der Waals surface area contributed by atoms with Gasteiger partial charge in [0, 0.05) is 6.54 Å². The molecule has 1 aromatic carbocycles. The normalized spacial score (nSPS) is 22.5. The largest absolute Gasteiger partial charge is 0.492 e. The summed E-state index contributed by atoms with van der Waals surface area (Å²) in [4.78, 5) is 14.3. The number of aromatic nitrogens is 1. The van der Waals surface area contributed by atoms with Gasteiger partial charge in [-0.05, 0) is 86.7 Å². The van der Waals surface area contributed by atoms with Gasteiger partial charge in [0.15, 0.2) is 5.58 Å². The van der Waals surface area contributed by atoms with E-state index in [1.165, 1.54) is 7.11 Å². The Hall–Kier alpha value is -2.28. The molecule has 2 fully saturated rings. The van der Waals surface area contributed by atoms with Gasteiger partial charge in [-0.3, -0.25) is 4.79 Å². The zero-order valence-corrected chi connectivity index (χ0v) is 20.3. The zero-order valence-electron chi connectivity index (χ0n) is 20.3. The molecule has 1 aliphatic carbocycles. The van der Waals surface area contributed by atoms with E-state index in [2.05, 4.69) is 23.9 Å². The lowest BCUT2D eigenvalue weighted by Gasteiger charge is -2.36. The first-order chi connectivity index (χ1) is 16.0. The van der Waals surface area contributed by atoms with Crippen LogP contribution >= 0.6 is 0 Å². The highest BCUT2D eigenvalue weighted by Gasteiger charge is 2.29. The van der Waals surface area contributed by atoms with E-state index in [1.807, 2.05) is 18.2 Å². The molecule has 2 aliphatic rings. The molecule has 0 N–H and O–H groups in total. The van der Waals surface area contributed by atoms with Crippen LogP contribution < -0.4 is 9.47 Å². The van der Waals surface area contributed by atoms with Crippen LogP contribution in [0.25, 0.3) is 11.0 Å². The van der Waals surface area contributed by atoms with Crippen LogP contribution in [0, 0.1) is 23.7 Å². The Balaban J connectivity index is 1.23. The standard InChI is InChI=1S/C26H38N2O5/c1-18(2)16-31-22-5-4-6-23-24(22)25(27-33-23)32-17-20-11-13-28(14-12-20)15-19-7-9-21(10-8-19)26(29)30-3/h4-6,18-21H,7-17H2,1-3H3. The summed E-state index contributed by atoms with van der Waals surface area (Å²) in [5, 5.41) is 5.00. The van der Waals surface area contributed by atoms with Crippen molar-refractivity contribution < 1.29 is 23.5 Å². The first kappa shape index (κ1) is 23.9. The average Bonchev–Trinajstić information content (AvgIpc) is 3.26. The molecule has 0 bridgehead atoms. The van der Waals surface area contributed by atoms with Crippen LogP contribution in [-0.2, 0) is 9.53 Å². The van der Waals surface area contributed by atoms with Gasteiger partial charge in [0.05, 0.1) is 26.2 Å². The predicted octanol–water partition coefficient (Wildman–Crippen LogP) is 4.93. The van der Waals surface area contributed by atoms with Crippen LogP contribution in [0.3, 0.4) is 0 Å². The number of piperidine rings is 1. The van der Waals surface area contributed by atoms with E-state index < -0.39 is 0 Å². The molecule has 1 aliphatic heterocycles. The number of nitrogens with zero attached hydrogens (tertiary/aromatic N) is 2. The van der Waals surface area contributed by atoms with E-state index >= 15 is 0 Å². The number of rotatable bonds is 9. The van der Waals surface area contributed by atoms with E-state index in [4.69, 9.17) is 18.7 Å². The molecule has 4 rings (SSSR count). The maximum absolute atomic E-state index is 11.7. The maximum atomic E-state index is 11.7. The molecule has 0 unspecified atom stereocenters. The Morgan fingerprint density at radius 3 is 2.55 bits per heavy atom. The summed E-state index contributed by atoms with van der Waals surface area (Å²) < 4.78 is 22.5. The second-order valence-corrected chi connectivity index (χ2v) is 10.1. The van der Waals surface area contributed by atoms with Gasteiger partial charge in [0.2, 0.25) is 0 Å². The molecule has 2 aromatic rings. The van der Waals surface area contributed by atoms with Crippen LogP contribution in [0.15, 0.2) is 22.7 Å². The minimum Gasteiger partial charge on any atom is -0.492 e. The first-order valence-electron chi connectivity index (χ1n) is 12.5. The quantitative estimate of drug-likeness (QED) is 0.493. The van der Waals surface area contributed by atoms with Gasteiger partial charge in [0.25, 0.3) is 5.88 Å². The zero-order chi connectivity index (χ0) is 23.2. The molecule has 0 radical (unpaired) electrons. The van der Waals surface area contributed by atoms with Gasteiger partial charge in [0.1, 0.15) is 11.1 Å². The summed E-state index contributed by atoms with van der Waals surface area (Å²) in [7, 11) is 1.49. The van der Waals surface area contributed by atoms with Gasteiger partial charge >= 0.3 is 5.97 Å². The number of hydrogen-bond acceptors (Lipinski definition) is 7. The number of likely N-dealkylation sites (tertiary alicyclic amines) is 1. The smallest absolute Gasteiger partial charge is 0.308 e. The molecule has 33 heavy (non-hydrogen) atoms. The number of carbonyl (C=O) groups excluding carboxylic acids is 1. The molecule has 7 nitrogen and oxygen atoms in total. The van der Waals surface area contributed by atoms with Gasteiger partial charge in [-0.25, -0.2) is 0 Å². The Kier molecular flexibility index (Phi) is 8.12. The van der Waals surface area contributed by atoms with Crippen LogP contribution in [0.2, 0.25) is 0 Å². The third-order valence-electron chi connectivity index (χ3n) is 7.06. The van der Waals surface area contributed by atoms with Crippen LogP contribution in [0.5, 0.6) is 11.6 Å². The van der Waals surface area contributed by atoms with E-state index in [1.54, 1.807) is 0 Å². The molecule has 7 heteroatoms. The van der Waals surface area contributed by atoms with Crippen LogP contribution in [0.4, 0.5) is 0 Å². The van der Waals surface area contributed by atoms with Crippen molar-refractivity contribution in [1.29, 1.82) is 0 Å². The lowest BCUT2D eigenvalue weighted by molar-refractivity contribution is -0.146. The summed E-state index contributed by atoms with van der Waals surface area (Å²) in [5.74, 6) is 3.04. The second kappa shape index (κ2) is 11.2. The second-order valence-electron chi connectivity index (χ2n) is 10.1. The number of esters is 1. The SMILES string of the molecule is COC(=O)C1CCC(CN2CCC(COc3noc4cccc(OCC(C)C)c34)CC2)CC1. The molecule has 0 atom stereocenters. The number of carbonyl (C=O) groups is 1. The molecule has 2 heterocycles. The highest BCUT2D eigenvalue weighted by atomic mass is 16.5. The minimum absolute atomic E-state index is 0.0345. The summed E-state index contributed by atoms with van der Waals surface area (Å²) in [5.41, 5.74) is 0.697. The van der Waals surface area contributed by atoms with Crippen molar-refractivity contribution in [2.24, 2.45) is 23.7 Å². The molecule has 1 aromatic heterocycles. The number of fused-ring (bicyclic) bond motifs is 1. The Morgan fingerprint density at radius 2 is 1.85 bits per heavy atom. The van der Waals surface area contributed by atoms with E-state index in [0.29, 0.717) is 42.4 Å². The van der Waals surface area contributed by atoms with Crippen molar-refractivity contribution in [2.45, 2.75) is 52.4 Å². The fourth-order valence-corrected chi connectivity index (χ4v) is 5.05. The third kappa shape index (κ3) is 6.19. The van der Waals surface area contributed by atoms with Crippen LogP contribution in [0.1, 0.15) is 52.4 Å². The maximum Gasteiger partial charge on any atom is 0.308 e. The van der Waals surface area contributed by atoms with Crippen LogP contribution in [-0.4, -0.2) is 56.0 Å². The number of ether oxygens (including phenoxy) is 3. The van der Waals surface area contributed by atoms with Gasteiger partial charge < -0.3 is 23.6 Å². The monoisotopic (exact) mass is 458 g/mol. The average molecular weight is 459 g/mol. The van der Waals surface area contributed by atoms with Gasteiger partial charge in [-0.15, -0.1) is 0 Å². The van der Waals surface area contributed by atoms with Crippen molar-refractivity contribution in [3.63, 3.8) is 0 Å². The van der Waals surface area contributed by atoms with E-state index in [-0.39, 0.29) is 11.9 Å².